The van der Waals surface area contributed by atoms with Gasteiger partial charge < -0.3 is 5.11 Å². The van der Waals surface area contributed by atoms with Crippen LogP contribution in [-0.4, -0.2) is 10.0 Å². The van der Waals surface area contributed by atoms with Gasteiger partial charge in [-0.05, 0) is 18.2 Å². The van der Waals surface area contributed by atoms with E-state index in [4.69, 9.17) is 0 Å². The SMILES string of the molecule is O=[N+]([O-])c1cccc(N=Nc2ccc(O)c3ccccc23)c1. The molecule has 108 valence electrons. The second-order valence-corrected chi connectivity index (χ2v) is 4.63. The Kier molecular flexibility index (Phi) is 3.49. The van der Waals surface area contributed by atoms with Crippen molar-refractivity contribution in [3.8, 4) is 5.75 Å². The zero-order valence-corrected chi connectivity index (χ0v) is 11.4. The van der Waals surface area contributed by atoms with Gasteiger partial charge in [-0.1, -0.05) is 30.3 Å². The monoisotopic (exact) mass is 293 g/mol. The zero-order valence-electron chi connectivity index (χ0n) is 11.4. The van der Waals surface area contributed by atoms with E-state index in [-0.39, 0.29) is 11.4 Å². The van der Waals surface area contributed by atoms with Crippen molar-refractivity contribution in [1.29, 1.82) is 0 Å². The topological polar surface area (TPSA) is 88.1 Å². The van der Waals surface area contributed by atoms with E-state index in [9.17, 15) is 15.2 Å². The molecule has 0 unspecified atom stereocenters. The number of phenolic OH excluding ortho intramolecular Hbond substituents is 1. The summed E-state index contributed by atoms with van der Waals surface area (Å²) in [7, 11) is 0. The first-order chi connectivity index (χ1) is 10.6. The average Bonchev–Trinajstić information content (AvgIpc) is 2.55. The molecule has 0 aliphatic rings. The number of fused-ring (bicyclic) bond motifs is 1. The Morgan fingerprint density at radius 2 is 1.68 bits per heavy atom. The van der Waals surface area contributed by atoms with Crippen LogP contribution in [0.2, 0.25) is 0 Å². The number of hydrogen-bond donors (Lipinski definition) is 1. The Balaban J connectivity index is 2.01. The van der Waals surface area contributed by atoms with Gasteiger partial charge in [0.2, 0.25) is 0 Å². The minimum Gasteiger partial charge on any atom is -0.507 e. The number of nitro groups is 1. The van der Waals surface area contributed by atoms with Crippen LogP contribution in [0.4, 0.5) is 17.1 Å². The van der Waals surface area contributed by atoms with E-state index < -0.39 is 4.92 Å². The van der Waals surface area contributed by atoms with Crippen molar-refractivity contribution in [1.82, 2.24) is 0 Å². The molecule has 0 amide bonds. The van der Waals surface area contributed by atoms with E-state index >= 15 is 0 Å². The maximum atomic E-state index is 10.7. The highest BCUT2D eigenvalue weighted by Crippen LogP contribution is 2.33. The summed E-state index contributed by atoms with van der Waals surface area (Å²) in [6.07, 6.45) is 0. The minimum atomic E-state index is -0.477. The van der Waals surface area contributed by atoms with Crippen LogP contribution in [0.3, 0.4) is 0 Å². The van der Waals surface area contributed by atoms with Crippen molar-refractivity contribution in [3.05, 3.63) is 70.8 Å². The van der Waals surface area contributed by atoms with Gasteiger partial charge in [-0.3, -0.25) is 10.1 Å². The van der Waals surface area contributed by atoms with Crippen LogP contribution < -0.4 is 0 Å². The van der Waals surface area contributed by atoms with Crippen molar-refractivity contribution in [2.24, 2.45) is 10.2 Å². The number of non-ortho nitro benzene ring substituents is 1. The summed E-state index contributed by atoms with van der Waals surface area (Å²) in [5.41, 5.74) is 0.943. The fourth-order valence-corrected chi connectivity index (χ4v) is 2.13. The molecule has 0 aromatic heterocycles. The van der Waals surface area contributed by atoms with Gasteiger partial charge >= 0.3 is 0 Å². The van der Waals surface area contributed by atoms with Gasteiger partial charge in [-0.2, -0.15) is 5.11 Å². The third-order valence-corrected chi connectivity index (χ3v) is 3.19. The maximum Gasteiger partial charge on any atom is 0.271 e. The Hall–Kier alpha value is -3.28. The Morgan fingerprint density at radius 3 is 2.45 bits per heavy atom. The quantitative estimate of drug-likeness (QED) is 0.424. The summed E-state index contributed by atoms with van der Waals surface area (Å²) < 4.78 is 0. The molecule has 3 rings (SSSR count). The van der Waals surface area contributed by atoms with Crippen LogP contribution in [0.1, 0.15) is 0 Å². The number of benzene rings is 3. The first-order valence-electron chi connectivity index (χ1n) is 6.52. The minimum absolute atomic E-state index is 0.0352. The van der Waals surface area contributed by atoms with Crippen molar-refractivity contribution in [3.63, 3.8) is 0 Å². The molecule has 0 aliphatic heterocycles. The summed E-state index contributed by atoms with van der Waals surface area (Å²) >= 11 is 0. The Bertz CT molecular complexity index is 891. The summed E-state index contributed by atoms with van der Waals surface area (Å²) in [5, 5.41) is 30.2. The lowest BCUT2D eigenvalue weighted by Gasteiger charge is -2.03. The highest BCUT2D eigenvalue weighted by Gasteiger charge is 2.06. The molecule has 0 saturated heterocycles. The van der Waals surface area contributed by atoms with E-state index in [0.29, 0.717) is 16.8 Å². The molecular formula is C16H11N3O3. The Labute approximate surface area is 125 Å². The van der Waals surface area contributed by atoms with E-state index in [1.165, 1.54) is 12.1 Å². The number of hydrogen-bond acceptors (Lipinski definition) is 5. The van der Waals surface area contributed by atoms with Crippen molar-refractivity contribution in [2.75, 3.05) is 0 Å². The molecule has 0 saturated carbocycles. The van der Waals surface area contributed by atoms with Crippen LogP contribution in [0, 0.1) is 10.1 Å². The lowest BCUT2D eigenvalue weighted by molar-refractivity contribution is -0.384. The van der Waals surface area contributed by atoms with E-state index in [1.807, 2.05) is 18.2 Å². The van der Waals surface area contributed by atoms with Crippen molar-refractivity contribution < 1.29 is 10.0 Å². The lowest BCUT2D eigenvalue weighted by atomic mass is 10.1. The maximum absolute atomic E-state index is 10.7. The fourth-order valence-electron chi connectivity index (χ4n) is 2.13. The second kappa shape index (κ2) is 5.61. The van der Waals surface area contributed by atoms with E-state index in [1.54, 1.807) is 30.3 Å². The molecule has 3 aromatic rings. The summed E-state index contributed by atoms with van der Waals surface area (Å²) in [4.78, 5) is 10.3. The van der Waals surface area contributed by atoms with Gasteiger partial charge in [0, 0.05) is 22.9 Å². The highest BCUT2D eigenvalue weighted by molar-refractivity contribution is 5.96. The average molecular weight is 293 g/mol. The van der Waals surface area contributed by atoms with Gasteiger partial charge in [0.05, 0.1) is 16.3 Å². The number of nitrogens with zero attached hydrogens (tertiary/aromatic N) is 3. The standard InChI is InChI=1S/C16H11N3O3/c20-16-9-8-15(13-6-1-2-7-14(13)16)18-17-11-4-3-5-12(10-11)19(21)22/h1-10,20H. The highest BCUT2D eigenvalue weighted by atomic mass is 16.6. The van der Waals surface area contributed by atoms with Gasteiger partial charge in [0.15, 0.2) is 0 Å². The molecule has 0 atom stereocenters. The van der Waals surface area contributed by atoms with Crippen LogP contribution in [-0.2, 0) is 0 Å². The van der Waals surface area contributed by atoms with Crippen molar-refractivity contribution in [2.45, 2.75) is 0 Å². The summed E-state index contributed by atoms with van der Waals surface area (Å²) in [6, 6.07) is 16.4. The predicted molar refractivity (Wildman–Crippen MR) is 82.9 cm³/mol. The number of aromatic hydroxyl groups is 1. The molecular weight excluding hydrogens is 282 g/mol. The van der Waals surface area contributed by atoms with Crippen LogP contribution in [0.15, 0.2) is 70.9 Å². The first-order valence-corrected chi connectivity index (χ1v) is 6.52. The summed E-state index contributed by atoms with van der Waals surface area (Å²) in [6.45, 7) is 0. The Morgan fingerprint density at radius 1 is 0.909 bits per heavy atom. The number of phenols is 1. The van der Waals surface area contributed by atoms with Crippen LogP contribution in [0.5, 0.6) is 5.75 Å². The van der Waals surface area contributed by atoms with Crippen molar-refractivity contribution >= 4 is 27.8 Å². The molecule has 0 radical (unpaired) electrons. The van der Waals surface area contributed by atoms with Gasteiger partial charge in [-0.15, -0.1) is 5.11 Å². The molecule has 0 spiro atoms. The van der Waals surface area contributed by atoms with E-state index in [0.717, 1.165) is 5.39 Å². The van der Waals surface area contributed by atoms with Crippen LogP contribution in [0.25, 0.3) is 10.8 Å². The number of nitro benzene ring substituents is 1. The molecule has 3 aromatic carbocycles. The first kappa shape index (κ1) is 13.7. The predicted octanol–water partition coefficient (Wildman–Crippen LogP) is 4.87. The third-order valence-electron chi connectivity index (χ3n) is 3.19. The number of azo groups is 1. The third kappa shape index (κ3) is 2.62. The van der Waals surface area contributed by atoms with Crippen LogP contribution >= 0.6 is 0 Å². The molecule has 6 heteroatoms. The fraction of sp³-hybridized carbons (Fsp3) is 0. The smallest absolute Gasteiger partial charge is 0.271 e. The van der Waals surface area contributed by atoms with Gasteiger partial charge in [0.1, 0.15) is 5.75 Å². The lowest BCUT2D eigenvalue weighted by Crippen LogP contribution is -1.85. The normalized spacial score (nSPS) is 11.1. The van der Waals surface area contributed by atoms with Gasteiger partial charge in [0.25, 0.3) is 5.69 Å². The zero-order chi connectivity index (χ0) is 15.5. The molecule has 0 fully saturated rings. The molecule has 1 N–H and O–H groups in total. The molecule has 0 heterocycles. The molecule has 6 nitrogen and oxygen atoms in total. The second-order valence-electron chi connectivity index (χ2n) is 4.63. The molecule has 0 aliphatic carbocycles. The van der Waals surface area contributed by atoms with Gasteiger partial charge in [-0.25, -0.2) is 0 Å². The summed E-state index contributed by atoms with van der Waals surface area (Å²) in [5.74, 6) is 0.171. The van der Waals surface area contributed by atoms with E-state index in [2.05, 4.69) is 10.2 Å². The number of rotatable bonds is 3. The molecule has 0 bridgehead atoms. The largest absolute Gasteiger partial charge is 0.507 e. The molecule has 22 heavy (non-hydrogen) atoms.